The minimum absolute atomic E-state index is 0.0573. The van der Waals surface area contributed by atoms with Gasteiger partial charge in [0.2, 0.25) is 0 Å². The Morgan fingerprint density at radius 2 is 2.26 bits per heavy atom. The third-order valence-corrected chi connectivity index (χ3v) is 2.80. The van der Waals surface area contributed by atoms with Crippen LogP contribution in [0.4, 0.5) is 0 Å². The number of nitrogens with zero attached hydrogens (tertiary/aromatic N) is 1. The molecule has 1 fully saturated rings. The van der Waals surface area contributed by atoms with Crippen LogP contribution in [0.15, 0.2) is 18.3 Å². The Morgan fingerprint density at radius 1 is 1.47 bits per heavy atom. The van der Waals surface area contributed by atoms with Gasteiger partial charge in [0.15, 0.2) is 6.61 Å². The molecular weight excluding hydrogens is 242 g/mol. The average Bonchev–Trinajstić information content (AvgIpc) is 3.19. The number of aromatic nitrogens is 1. The third kappa shape index (κ3) is 5.26. The number of carbonyl (C=O) groups is 1. The quantitative estimate of drug-likeness (QED) is 0.777. The lowest BCUT2D eigenvalue weighted by atomic mass is 10.3. The number of amides is 1. The molecule has 0 aliphatic heterocycles. The molecule has 1 amide bonds. The number of nitrogens with one attached hydrogen (secondary N) is 2. The summed E-state index contributed by atoms with van der Waals surface area (Å²) >= 11 is 0. The van der Waals surface area contributed by atoms with Crippen molar-refractivity contribution in [2.75, 3.05) is 6.61 Å². The molecule has 0 bridgehead atoms. The van der Waals surface area contributed by atoms with Crippen LogP contribution in [0.5, 0.6) is 5.75 Å². The summed E-state index contributed by atoms with van der Waals surface area (Å²) in [4.78, 5) is 15.7. The highest BCUT2D eigenvalue weighted by Gasteiger charge is 2.23. The van der Waals surface area contributed by atoms with Crippen LogP contribution in [0.1, 0.15) is 32.4 Å². The second-order valence-corrected chi connectivity index (χ2v) is 5.15. The first-order chi connectivity index (χ1) is 9.13. The van der Waals surface area contributed by atoms with Crippen molar-refractivity contribution in [3.63, 3.8) is 0 Å². The second kappa shape index (κ2) is 6.52. The van der Waals surface area contributed by atoms with E-state index in [4.69, 9.17) is 4.74 Å². The minimum atomic E-state index is -0.0620. The lowest BCUT2D eigenvalue weighted by Crippen LogP contribution is -2.30. The normalized spacial score (nSPS) is 14.5. The summed E-state index contributed by atoms with van der Waals surface area (Å²) in [6.45, 7) is 4.98. The summed E-state index contributed by atoms with van der Waals surface area (Å²) in [5.74, 6) is 0.562. The number of rotatable bonds is 7. The zero-order chi connectivity index (χ0) is 13.7. The van der Waals surface area contributed by atoms with Crippen LogP contribution in [0.3, 0.4) is 0 Å². The Hall–Kier alpha value is -1.62. The SMILES string of the molecule is CC(C)NCc1ccc(OCC(=O)NC2CC2)cn1. The highest BCUT2D eigenvalue weighted by Crippen LogP contribution is 2.18. The van der Waals surface area contributed by atoms with Crippen LogP contribution in [0.2, 0.25) is 0 Å². The van der Waals surface area contributed by atoms with Crippen LogP contribution in [-0.4, -0.2) is 29.6 Å². The van der Waals surface area contributed by atoms with Crippen molar-refractivity contribution in [2.24, 2.45) is 0 Å². The maximum absolute atomic E-state index is 11.4. The minimum Gasteiger partial charge on any atom is -0.482 e. The van der Waals surface area contributed by atoms with Crippen molar-refractivity contribution in [3.8, 4) is 5.75 Å². The van der Waals surface area contributed by atoms with Gasteiger partial charge in [-0.25, -0.2) is 0 Å². The molecule has 1 aliphatic carbocycles. The largest absolute Gasteiger partial charge is 0.482 e. The maximum atomic E-state index is 11.4. The van der Waals surface area contributed by atoms with Gasteiger partial charge < -0.3 is 15.4 Å². The molecule has 1 aromatic heterocycles. The monoisotopic (exact) mass is 263 g/mol. The summed E-state index contributed by atoms with van der Waals surface area (Å²) in [6, 6.07) is 4.56. The Bertz CT molecular complexity index is 413. The van der Waals surface area contributed by atoms with Gasteiger partial charge in [-0.05, 0) is 25.0 Å². The smallest absolute Gasteiger partial charge is 0.258 e. The zero-order valence-electron chi connectivity index (χ0n) is 11.5. The van der Waals surface area contributed by atoms with Gasteiger partial charge in [-0.1, -0.05) is 13.8 Å². The molecule has 0 aromatic carbocycles. The second-order valence-electron chi connectivity index (χ2n) is 5.15. The number of pyridine rings is 1. The molecule has 2 N–H and O–H groups in total. The van der Waals surface area contributed by atoms with E-state index < -0.39 is 0 Å². The molecular formula is C14H21N3O2. The van der Waals surface area contributed by atoms with E-state index in [9.17, 15) is 4.79 Å². The van der Waals surface area contributed by atoms with Crippen LogP contribution in [0, 0.1) is 0 Å². The van der Waals surface area contributed by atoms with Crippen LogP contribution < -0.4 is 15.4 Å². The van der Waals surface area contributed by atoms with Crippen molar-refractivity contribution in [1.82, 2.24) is 15.6 Å². The molecule has 0 saturated heterocycles. The highest BCUT2D eigenvalue weighted by atomic mass is 16.5. The molecule has 2 rings (SSSR count). The van der Waals surface area contributed by atoms with Gasteiger partial charge >= 0.3 is 0 Å². The third-order valence-electron chi connectivity index (χ3n) is 2.80. The Balaban J connectivity index is 1.72. The topological polar surface area (TPSA) is 63.2 Å². The first-order valence-corrected chi connectivity index (χ1v) is 6.74. The van der Waals surface area contributed by atoms with E-state index in [-0.39, 0.29) is 12.5 Å². The average molecular weight is 263 g/mol. The van der Waals surface area contributed by atoms with E-state index in [1.165, 1.54) is 0 Å². The van der Waals surface area contributed by atoms with Crippen molar-refractivity contribution >= 4 is 5.91 Å². The molecule has 0 atom stereocenters. The highest BCUT2D eigenvalue weighted by molar-refractivity contribution is 5.78. The van der Waals surface area contributed by atoms with Crippen molar-refractivity contribution < 1.29 is 9.53 Å². The number of ether oxygens (including phenoxy) is 1. The molecule has 0 unspecified atom stereocenters. The lowest BCUT2D eigenvalue weighted by molar-refractivity contribution is -0.123. The van der Waals surface area contributed by atoms with Crippen molar-refractivity contribution in [1.29, 1.82) is 0 Å². The van der Waals surface area contributed by atoms with Gasteiger partial charge in [-0.2, -0.15) is 0 Å². The standard InChI is InChI=1S/C14H21N3O2/c1-10(2)15-7-12-5-6-13(8-16-12)19-9-14(18)17-11-3-4-11/h5-6,8,10-11,15H,3-4,7,9H2,1-2H3,(H,17,18). The predicted octanol–water partition coefficient (Wildman–Crippen LogP) is 1.24. The van der Waals surface area contributed by atoms with Gasteiger partial charge in [0.25, 0.3) is 5.91 Å². The molecule has 1 aliphatic rings. The number of hydrogen-bond acceptors (Lipinski definition) is 4. The van der Waals surface area contributed by atoms with Crippen molar-refractivity contribution in [3.05, 3.63) is 24.0 Å². The Morgan fingerprint density at radius 3 is 2.84 bits per heavy atom. The first kappa shape index (κ1) is 13.8. The van der Waals surface area contributed by atoms with E-state index in [1.54, 1.807) is 6.20 Å². The molecule has 1 heterocycles. The Labute approximate surface area is 113 Å². The van der Waals surface area contributed by atoms with E-state index in [1.807, 2.05) is 12.1 Å². The first-order valence-electron chi connectivity index (χ1n) is 6.74. The van der Waals surface area contributed by atoms with Gasteiger partial charge in [0.1, 0.15) is 5.75 Å². The van der Waals surface area contributed by atoms with Crippen LogP contribution >= 0.6 is 0 Å². The van der Waals surface area contributed by atoms with Gasteiger partial charge in [-0.15, -0.1) is 0 Å². The number of hydrogen-bond donors (Lipinski definition) is 2. The summed E-state index contributed by atoms with van der Waals surface area (Å²) in [7, 11) is 0. The van der Waals surface area contributed by atoms with Crippen LogP contribution in [0.25, 0.3) is 0 Å². The van der Waals surface area contributed by atoms with Crippen LogP contribution in [-0.2, 0) is 11.3 Å². The fraction of sp³-hybridized carbons (Fsp3) is 0.571. The fourth-order valence-corrected chi connectivity index (χ4v) is 1.56. The molecule has 1 saturated carbocycles. The summed E-state index contributed by atoms with van der Waals surface area (Å²) in [5, 5.41) is 6.17. The maximum Gasteiger partial charge on any atom is 0.258 e. The fourth-order valence-electron chi connectivity index (χ4n) is 1.56. The Kier molecular flexibility index (Phi) is 4.74. The zero-order valence-corrected chi connectivity index (χ0v) is 11.5. The lowest BCUT2D eigenvalue weighted by Gasteiger charge is -2.09. The summed E-state index contributed by atoms with van der Waals surface area (Å²) in [5.41, 5.74) is 0.962. The summed E-state index contributed by atoms with van der Waals surface area (Å²) < 4.78 is 5.38. The van der Waals surface area contributed by atoms with E-state index in [0.29, 0.717) is 17.8 Å². The molecule has 0 radical (unpaired) electrons. The van der Waals surface area contributed by atoms with Gasteiger partial charge in [0.05, 0.1) is 11.9 Å². The molecule has 1 aromatic rings. The van der Waals surface area contributed by atoms with E-state index >= 15 is 0 Å². The summed E-state index contributed by atoms with van der Waals surface area (Å²) in [6.07, 6.45) is 3.83. The van der Waals surface area contributed by atoms with Crippen molar-refractivity contribution in [2.45, 2.75) is 45.3 Å². The molecule has 5 nitrogen and oxygen atoms in total. The molecule has 104 valence electrons. The molecule has 0 spiro atoms. The predicted molar refractivity (Wildman–Crippen MR) is 72.9 cm³/mol. The molecule has 5 heteroatoms. The molecule has 19 heavy (non-hydrogen) atoms. The van der Waals surface area contributed by atoms with Gasteiger partial charge in [-0.3, -0.25) is 9.78 Å². The van der Waals surface area contributed by atoms with E-state index in [0.717, 1.165) is 25.1 Å². The van der Waals surface area contributed by atoms with E-state index in [2.05, 4.69) is 29.5 Å². The van der Waals surface area contributed by atoms with Gasteiger partial charge in [0, 0.05) is 18.6 Å². The number of carbonyl (C=O) groups excluding carboxylic acids is 1.